The van der Waals surface area contributed by atoms with Crippen LogP contribution in [0.2, 0.25) is 0 Å². The number of piperidine rings is 1. The molecule has 1 unspecified atom stereocenters. The highest BCUT2D eigenvalue weighted by molar-refractivity contribution is 4.99. The Bertz CT molecular complexity index is 411. The van der Waals surface area contributed by atoms with Crippen LogP contribution in [-0.4, -0.2) is 53.2 Å². The van der Waals surface area contributed by atoms with Gasteiger partial charge >= 0.3 is 0 Å². The zero-order valence-electron chi connectivity index (χ0n) is 12.4. The highest BCUT2D eigenvalue weighted by Crippen LogP contribution is 2.17. The van der Waals surface area contributed by atoms with E-state index in [1.807, 2.05) is 13.8 Å². The topological polar surface area (TPSA) is 71.4 Å². The van der Waals surface area contributed by atoms with Gasteiger partial charge in [-0.25, -0.2) is 0 Å². The van der Waals surface area contributed by atoms with Gasteiger partial charge in [-0.15, -0.1) is 0 Å². The molecule has 6 heteroatoms. The summed E-state index contributed by atoms with van der Waals surface area (Å²) < 4.78 is 5.28. The summed E-state index contributed by atoms with van der Waals surface area (Å²) in [5, 5.41) is 3.95. The fourth-order valence-corrected chi connectivity index (χ4v) is 2.42. The van der Waals surface area contributed by atoms with Gasteiger partial charge in [0.1, 0.15) is 0 Å². The summed E-state index contributed by atoms with van der Waals surface area (Å²) in [6.45, 7) is 6.72. The Labute approximate surface area is 114 Å². The number of hydrogen-bond donors (Lipinski definition) is 1. The average Bonchev–Trinajstić information content (AvgIpc) is 2.77. The number of hydrogen-bond acceptors (Lipinski definition) is 6. The number of likely N-dealkylation sites (N-methyl/N-ethyl adjacent to an activating group) is 2. The lowest BCUT2D eigenvalue weighted by molar-refractivity contribution is 0.119. The first kappa shape index (κ1) is 14.4. The molecule has 19 heavy (non-hydrogen) atoms. The fraction of sp³-hybridized carbons (Fsp3) is 0.846. The number of rotatable bonds is 4. The summed E-state index contributed by atoms with van der Waals surface area (Å²) in [5.74, 6) is 1.21. The summed E-state index contributed by atoms with van der Waals surface area (Å²) in [6, 6.07) is 0.556. The van der Waals surface area contributed by atoms with E-state index in [9.17, 15) is 0 Å². The molecule has 0 radical (unpaired) electrons. The van der Waals surface area contributed by atoms with E-state index in [0.717, 1.165) is 6.54 Å². The van der Waals surface area contributed by atoms with Crippen molar-refractivity contribution in [3.05, 3.63) is 11.7 Å². The van der Waals surface area contributed by atoms with Crippen LogP contribution in [0.5, 0.6) is 0 Å². The van der Waals surface area contributed by atoms with Crippen molar-refractivity contribution in [2.24, 2.45) is 5.73 Å². The highest BCUT2D eigenvalue weighted by Gasteiger charge is 2.25. The van der Waals surface area contributed by atoms with Crippen LogP contribution in [0.1, 0.15) is 38.4 Å². The van der Waals surface area contributed by atoms with Gasteiger partial charge < -0.3 is 15.2 Å². The van der Waals surface area contributed by atoms with Gasteiger partial charge in [0, 0.05) is 12.6 Å². The lowest BCUT2D eigenvalue weighted by atomic mass is 10.1. The van der Waals surface area contributed by atoms with Crippen molar-refractivity contribution < 1.29 is 4.52 Å². The first-order valence-corrected chi connectivity index (χ1v) is 6.87. The van der Waals surface area contributed by atoms with Gasteiger partial charge in [-0.3, -0.25) is 4.90 Å². The maximum atomic E-state index is 5.96. The molecule has 2 N–H and O–H groups in total. The fourth-order valence-electron chi connectivity index (χ4n) is 2.42. The second-order valence-electron chi connectivity index (χ2n) is 6.21. The monoisotopic (exact) mass is 267 g/mol. The Morgan fingerprint density at radius 1 is 1.53 bits per heavy atom. The quantitative estimate of drug-likeness (QED) is 0.869. The molecule has 1 saturated heterocycles. The second-order valence-corrected chi connectivity index (χ2v) is 6.21. The van der Waals surface area contributed by atoms with E-state index in [1.54, 1.807) is 0 Å². The SMILES string of the molecule is CN1CCCC(N(C)Cc2nc(C(C)(C)N)no2)C1. The van der Waals surface area contributed by atoms with Crippen LogP contribution < -0.4 is 5.73 Å². The number of nitrogens with zero attached hydrogens (tertiary/aromatic N) is 4. The molecule has 1 aliphatic heterocycles. The molecule has 1 fully saturated rings. The molecule has 1 atom stereocenters. The maximum absolute atomic E-state index is 5.96. The van der Waals surface area contributed by atoms with E-state index in [2.05, 4.69) is 34.0 Å². The van der Waals surface area contributed by atoms with Crippen molar-refractivity contribution in [3.8, 4) is 0 Å². The van der Waals surface area contributed by atoms with E-state index in [1.165, 1.54) is 19.4 Å². The van der Waals surface area contributed by atoms with Crippen LogP contribution >= 0.6 is 0 Å². The van der Waals surface area contributed by atoms with Crippen molar-refractivity contribution in [1.29, 1.82) is 0 Å². The largest absolute Gasteiger partial charge is 0.338 e. The van der Waals surface area contributed by atoms with Crippen molar-refractivity contribution >= 4 is 0 Å². The highest BCUT2D eigenvalue weighted by atomic mass is 16.5. The molecular formula is C13H25N5O. The number of likely N-dealkylation sites (tertiary alicyclic amines) is 1. The van der Waals surface area contributed by atoms with Gasteiger partial charge in [-0.1, -0.05) is 5.16 Å². The zero-order valence-corrected chi connectivity index (χ0v) is 12.4. The molecule has 0 bridgehead atoms. The van der Waals surface area contributed by atoms with Gasteiger partial charge in [0.15, 0.2) is 5.82 Å². The molecular weight excluding hydrogens is 242 g/mol. The molecule has 1 aliphatic rings. The van der Waals surface area contributed by atoms with Crippen LogP contribution in [0.15, 0.2) is 4.52 Å². The molecule has 1 aromatic heterocycles. The molecule has 1 aromatic rings. The summed E-state index contributed by atoms with van der Waals surface area (Å²) >= 11 is 0. The Morgan fingerprint density at radius 2 is 2.26 bits per heavy atom. The molecule has 108 valence electrons. The third kappa shape index (κ3) is 3.75. The standard InChI is InChI=1S/C13H25N5O/c1-13(2,14)12-15-11(19-16-12)9-18(4)10-6-5-7-17(3)8-10/h10H,5-9,14H2,1-4H3. The van der Waals surface area contributed by atoms with E-state index in [0.29, 0.717) is 24.3 Å². The predicted molar refractivity (Wildman–Crippen MR) is 73.5 cm³/mol. The third-order valence-corrected chi connectivity index (χ3v) is 3.65. The van der Waals surface area contributed by atoms with Crippen molar-refractivity contribution in [1.82, 2.24) is 19.9 Å². The summed E-state index contributed by atoms with van der Waals surface area (Å²) in [5.41, 5.74) is 5.41. The first-order valence-electron chi connectivity index (χ1n) is 6.87. The normalized spacial score (nSPS) is 22.1. The van der Waals surface area contributed by atoms with E-state index >= 15 is 0 Å². The first-order chi connectivity index (χ1) is 8.86. The van der Waals surface area contributed by atoms with E-state index in [4.69, 9.17) is 10.3 Å². The predicted octanol–water partition coefficient (Wildman–Crippen LogP) is 0.789. The lowest BCUT2D eigenvalue weighted by Crippen LogP contribution is -2.44. The molecule has 6 nitrogen and oxygen atoms in total. The van der Waals surface area contributed by atoms with E-state index < -0.39 is 5.54 Å². The van der Waals surface area contributed by atoms with Crippen LogP contribution in [0.25, 0.3) is 0 Å². The lowest BCUT2D eigenvalue weighted by Gasteiger charge is -2.35. The van der Waals surface area contributed by atoms with Crippen LogP contribution in [0.3, 0.4) is 0 Å². The van der Waals surface area contributed by atoms with Crippen molar-refractivity contribution in [2.75, 3.05) is 27.2 Å². The molecule has 2 rings (SSSR count). The molecule has 0 spiro atoms. The second kappa shape index (κ2) is 5.56. The number of aromatic nitrogens is 2. The van der Waals surface area contributed by atoms with Crippen molar-refractivity contribution in [3.63, 3.8) is 0 Å². The van der Waals surface area contributed by atoms with Crippen LogP contribution in [0.4, 0.5) is 0 Å². The Kier molecular flexibility index (Phi) is 4.23. The zero-order chi connectivity index (χ0) is 14.0. The number of nitrogens with two attached hydrogens (primary N) is 1. The maximum Gasteiger partial charge on any atom is 0.240 e. The van der Waals surface area contributed by atoms with Crippen molar-refractivity contribution in [2.45, 2.75) is 44.8 Å². The minimum Gasteiger partial charge on any atom is -0.338 e. The molecule has 0 amide bonds. The molecule has 0 aliphatic carbocycles. The average molecular weight is 267 g/mol. The van der Waals surface area contributed by atoms with Gasteiger partial charge in [-0.05, 0) is 47.3 Å². The molecule has 2 heterocycles. The van der Waals surface area contributed by atoms with Gasteiger partial charge in [0.05, 0.1) is 12.1 Å². The molecule has 0 aromatic carbocycles. The Hall–Kier alpha value is -0.980. The minimum atomic E-state index is -0.550. The van der Waals surface area contributed by atoms with Gasteiger partial charge in [0.2, 0.25) is 5.89 Å². The smallest absolute Gasteiger partial charge is 0.240 e. The summed E-state index contributed by atoms with van der Waals surface area (Å²) in [4.78, 5) is 9.03. The van der Waals surface area contributed by atoms with Gasteiger partial charge in [0.25, 0.3) is 0 Å². The molecule has 0 saturated carbocycles. The van der Waals surface area contributed by atoms with E-state index in [-0.39, 0.29) is 0 Å². The minimum absolute atomic E-state index is 0.550. The van der Waals surface area contributed by atoms with Gasteiger partial charge in [-0.2, -0.15) is 4.98 Å². The summed E-state index contributed by atoms with van der Waals surface area (Å²) in [6.07, 6.45) is 2.47. The van der Waals surface area contributed by atoms with Crippen LogP contribution in [-0.2, 0) is 12.1 Å². The third-order valence-electron chi connectivity index (χ3n) is 3.65. The summed E-state index contributed by atoms with van der Waals surface area (Å²) in [7, 11) is 4.28. The Balaban J connectivity index is 1.95. The van der Waals surface area contributed by atoms with Crippen LogP contribution in [0, 0.1) is 0 Å². The Morgan fingerprint density at radius 3 is 2.84 bits per heavy atom.